The number of benzene rings is 2. The summed E-state index contributed by atoms with van der Waals surface area (Å²) >= 11 is 0. The summed E-state index contributed by atoms with van der Waals surface area (Å²) in [6, 6.07) is 19.3. The van der Waals surface area contributed by atoms with E-state index < -0.39 is 16.2 Å². The van der Waals surface area contributed by atoms with Gasteiger partial charge in [-0.3, -0.25) is 14.8 Å². The fraction of sp³-hybridized carbons (Fsp3) is 0.393. The van der Waals surface area contributed by atoms with E-state index in [1.807, 2.05) is 20.0 Å². The highest BCUT2D eigenvalue weighted by Gasteiger charge is 2.29. The predicted molar refractivity (Wildman–Crippen MR) is 147 cm³/mol. The first-order chi connectivity index (χ1) is 17.2. The maximum Gasteiger partial charge on any atom is 0.267 e. The molecule has 0 radical (unpaired) electrons. The van der Waals surface area contributed by atoms with Crippen LogP contribution in [0, 0.1) is 12.8 Å². The molecule has 1 aromatic heterocycles. The van der Waals surface area contributed by atoms with E-state index in [1.54, 1.807) is 42.7 Å². The lowest BCUT2D eigenvalue weighted by Crippen LogP contribution is -2.46. The first-order valence-corrected chi connectivity index (χ1v) is 13.8. The molecule has 0 saturated carbocycles. The normalized spacial score (nSPS) is 14.2. The van der Waals surface area contributed by atoms with Crippen LogP contribution in [0.1, 0.15) is 43.6 Å². The molecular weight excluding hydrogens is 470 g/mol. The number of hydrogen-bond donors (Lipinski definition) is 1. The molecule has 2 aromatic carbocycles. The van der Waals surface area contributed by atoms with E-state index in [4.69, 9.17) is 5.73 Å². The molecule has 194 valence electrons. The van der Waals surface area contributed by atoms with Crippen LogP contribution in [0.4, 0.5) is 0 Å². The van der Waals surface area contributed by atoms with Crippen molar-refractivity contribution in [2.45, 2.75) is 51.3 Å². The third-order valence-electron chi connectivity index (χ3n) is 6.63. The zero-order valence-electron chi connectivity index (χ0n) is 21.9. The minimum Gasteiger partial charge on any atom is -0.390 e. The lowest BCUT2D eigenvalue weighted by Gasteiger charge is -2.38. The summed E-state index contributed by atoms with van der Waals surface area (Å²) in [5.74, 6) is 0.341. The lowest BCUT2D eigenvalue weighted by molar-refractivity contribution is 0.0944. The van der Waals surface area contributed by atoms with Crippen molar-refractivity contribution >= 4 is 16.4 Å². The van der Waals surface area contributed by atoms with Crippen LogP contribution in [0.2, 0.25) is 0 Å². The van der Waals surface area contributed by atoms with Gasteiger partial charge in [0.25, 0.3) is 10.0 Å². The molecule has 0 fully saturated rings. The SMILES string of the molecule is CCN(Cc1ccccc1)CC(C(C)C)N(C)C(N=CN)c1ccn(S(=O)(=O)c2ccc(C)cc2)c1. The van der Waals surface area contributed by atoms with Gasteiger partial charge in [0.2, 0.25) is 0 Å². The summed E-state index contributed by atoms with van der Waals surface area (Å²) in [5, 5.41) is 0. The fourth-order valence-corrected chi connectivity index (χ4v) is 5.64. The number of aliphatic imine (C=N–C) groups is 1. The van der Waals surface area contributed by atoms with E-state index in [0.29, 0.717) is 5.92 Å². The van der Waals surface area contributed by atoms with Gasteiger partial charge < -0.3 is 5.73 Å². The van der Waals surface area contributed by atoms with Gasteiger partial charge in [0.15, 0.2) is 0 Å². The Morgan fingerprint density at radius 2 is 1.72 bits per heavy atom. The number of nitrogens with two attached hydrogens (primary N) is 1. The van der Waals surface area contributed by atoms with E-state index in [2.05, 4.69) is 59.8 Å². The monoisotopic (exact) mass is 509 g/mol. The summed E-state index contributed by atoms with van der Waals surface area (Å²) in [6.45, 7) is 11.1. The largest absolute Gasteiger partial charge is 0.390 e. The van der Waals surface area contributed by atoms with E-state index in [1.165, 1.54) is 15.9 Å². The maximum absolute atomic E-state index is 13.2. The van der Waals surface area contributed by atoms with Crippen LogP contribution in [-0.2, 0) is 16.6 Å². The van der Waals surface area contributed by atoms with Crippen molar-refractivity contribution in [3.05, 3.63) is 89.7 Å². The molecule has 0 spiro atoms. The molecule has 0 amide bonds. The van der Waals surface area contributed by atoms with Crippen LogP contribution < -0.4 is 5.73 Å². The number of hydrogen-bond acceptors (Lipinski definition) is 5. The Morgan fingerprint density at radius 1 is 1.06 bits per heavy atom. The lowest BCUT2D eigenvalue weighted by atomic mass is 10.0. The zero-order chi connectivity index (χ0) is 26.3. The molecule has 2 atom stereocenters. The molecule has 0 aliphatic rings. The van der Waals surface area contributed by atoms with E-state index in [0.717, 1.165) is 30.8 Å². The van der Waals surface area contributed by atoms with Gasteiger partial charge in [-0.1, -0.05) is 68.8 Å². The van der Waals surface area contributed by atoms with Crippen LogP contribution in [0.5, 0.6) is 0 Å². The maximum atomic E-state index is 13.2. The van der Waals surface area contributed by atoms with Crippen LogP contribution >= 0.6 is 0 Å². The van der Waals surface area contributed by atoms with Crippen molar-refractivity contribution in [2.75, 3.05) is 20.1 Å². The van der Waals surface area contributed by atoms with Gasteiger partial charge in [0, 0.05) is 37.1 Å². The van der Waals surface area contributed by atoms with Crippen LogP contribution in [0.25, 0.3) is 0 Å². The topological polar surface area (TPSA) is 83.9 Å². The molecular formula is C28H39N5O2S. The van der Waals surface area contributed by atoms with Gasteiger partial charge in [-0.05, 0) is 50.2 Å². The molecule has 8 heteroatoms. The Labute approximate surface area is 216 Å². The second-order valence-corrected chi connectivity index (χ2v) is 11.4. The van der Waals surface area contributed by atoms with E-state index >= 15 is 0 Å². The molecule has 0 aliphatic carbocycles. The number of aromatic nitrogens is 1. The Hall–Kier alpha value is -2.94. The van der Waals surface area contributed by atoms with Crippen molar-refractivity contribution in [1.29, 1.82) is 0 Å². The molecule has 36 heavy (non-hydrogen) atoms. The molecule has 0 saturated heterocycles. The fourth-order valence-electron chi connectivity index (χ4n) is 4.44. The molecule has 1 heterocycles. The van der Waals surface area contributed by atoms with Crippen LogP contribution in [-0.4, -0.2) is 54.7 Å². The number of rotatable bonds is 12. The summed E-state index contributed by atoms with van der Waals surface area (Å²) < 4.78 is 27.6. The third kappa shape index (κ3) is 6.63. The van der Waals surface area contributed by atoms with Gasteiger partial charge in [0.1, 0.15) is 6.17 Å². The van der Waals surface area contributed by atoms with Crippen molar-refractivity contribution in [2.24, 2.45) is 16.6 Å². The van der Waals surface area contributed by atoms with Crippen molar-refractivity contribution in [3.8, 4) is 0 Å². The molecule has 3 aromatic rings. The highest BCUT2D eigenvalue weighted by atomic mass is 32.2. The van der Waals surface area contributed by atoms with Crippen LogP contribution in [0.15, 0.2) is 82.9 Å². The highest BCUT2D eigenvalue weighted by molar-refractivity contribution is 7.90. The zero-order valence-corrected chi connectivity index (χ0v) is 22.8. The van der Waals surface area contributed by atoms with E-state index in [9.17, 15) is 8.42 Å². The van der Waals surface area contributed by atoms with Gasteiger partial charge in [0.05, 0.1) is 11.2 Å². The predicted octanol–water partition coefficient (Wildman–Crippen LogP) is 4.50. The molecule has 0 bridgehead atoms. The second-order valence-electron chi connectivity index (χ2n) is 9.55. The first-order valence-electron chi connectivity index (χ1n) is 12.4. The van der Waals surface area contributed by atoms with Gasteiger partial charge in [-0.2, -0.15) is 0 Å². The highest BCUT2D eigenvalue weighted by Crippen LogP contribution is 2.28. The quantitative estimate of drug-likeness (QED) is 0.287. The minimum absolute atomic E-state index is 0.166. The summed E-state index contributed by atoms with van der Waals surface area (Å²) in [7, 11) is -1.66. The molecule has 2 unspecified atom stereocenters. The smallest absolute Gasteiger partial charge is 0.267 e. The van der Waals surface area contributed by atoms with Crippen molar-refractivity contribution in [3.63, 3.8) is 0 Å². The standard InChI is InChI=1S/C28H39N5O2S/c1-6-32(18-24-10-8-7-9-11-24)20-27(22(2)3)31(5)28(30-21-29)25-16-17-33(19-25)36(34,35)26-14-12-23(4)13-15-26/h7-17,19,21-22,27-28H,6,18,20H2,1-5H3,(H2,29,30). The van der Waals surface area contributed by atoms with Crippen molar-refractivity contribution in [1.82, 2.24) is 13.8 Å². The molecule has 3 rings (SSSR count). The Morgan fingerprint density at radius 3 is 2.31 bits per heavy atom. The molecule has 2 N–H and O–H groups in total. The molecule has 7 nitrogen and oxygen atoms in total. The van der Waals surface area contributed by atoms with E-state index in [-0.39, 0.29) is 10.9 Å². The Bertz CT molecular complexity index is 1220. The van der Waals surface area contributed by atoms with Crippen molar-refractivity contribution < 1.29 is 8.42 Å². The summed E-state index contributed by atoms with van der Waals surface area (Å²) in [5.41, 5.74) is 8.81. The first kappa shape index (κ1) is 27.6. The summed E-state index contributed by atoms with van der Waals surface area (Å²) in [6.07, 6.45) is 4.11. The second kappa shape index (κ2) is 12.3. The third-order valence-corrected chi connectivity index (χ3v) is 8.28. The number of likely N-dealkylation sites (N-methyl/N-ethyl adjacent to an activating group) is 2. The van der Waals surface area contributed by atoms with Gasteiger partial charge in [-0.15, -0.1) is 0 Å². The van der Waals surface area contributed by atoms with Gasteiger partial charge in [-0.25, -0.2) is 12.4 Å². The Kier molecular flexibility index (Phi) is 9.48. The van der Waals surface area contributed by atoms with Crippen LogP contribution in [0.3, 0.4) is 0 Å². The minimum atomic E-state index is -3.70. The average molecular weight is 510 g/mol. The summed E-state index contributed by atoms with van der Waals surface area (Å²) in [4.78, 5) is 9.42. The average Bonchev–Trinajstić information content (AvgIpc) is 3.36. The van der Waals surface area contributed by atoms with Gasteiger partial charge >= 0.3 is 0 Å². The number of nitrogens with zero attached hydrogens (tertiary/aromatic N) is 4. The number of aryl methyl sites for hydroxylation is 1. The Balaban J connectivity index is 1.85. The molecule has 0 aliphatic heterocycles.